The topological polar surface area (TPSA) is 98.8 Å². The number of ether oxygens (including phenoxy) is 3. The summed E-state index contributed by atoms with van der Waals surface area (Å²) in [5.41, 5.74) is 1.26. The van der Waals surface area contributed by atoms with E-state index in [1.165, 1.54) is 11.3 Å². The zero-order valence-corrected chi connectivity index (χ0v) is 17.3. The average Bonchev–Trinajstić information content (AvgIpc) is 3.51. The van der Waals surface area contributed by atoms with Crippen molar-refractivity contribution in [3.8, 4) is 11.5 Å². The van der Waals surface area contributed by atoms with E-state index in [2.05, 4.69) is 15.6 Å². The molecule has 3 heterocycles. The van der Waals surface area contributed by atoms with E-state index in [-0.39, 0.29) is 30.6 Å². The molecule has 2 atom stereocenters. The van der Waals surface area contributed by atoms with Gasteiger partial charge in [-0.3, -0.25) is 14.9 Å². The molecule has 0 radical (unpaired) electrons. The summed E-state index contributed by atoms with van der Waals surface area (Å²) in [7, 11) is 0. The van der Waals surface area contributed by atoms with Gasteiger partial charge in [-0.1, -0.05) is 0 Å². The first-order chi connectivity index (χ1) is 14.7. The van der Waals surface area contributed by atoms with Gasteiger partial charge < -0.3 is 19.5 Å². The van der Waals surface area contributed by atoms with Crippen molar-refractivity contribution < 1.29 is 23.8 Å². The summed E-state index contributed by atoms with van der Waals surface area (Å²) in [5.74, 6) is 0.643. The van der Waals surface area contributed by atoms with Gasteiger partial charge in [-0.25, -0.2) is 4.98 Å². The number of benzene rings is 1. The third kappa shape index (κ3) is 3.87. The first-order valence-electron chi connectivity index (χ1n) is 10.3. The number of anilines is 1. The van der Waals surface area contributed by atoms with Gasteiger partial charge in [0.15, 0.2) is 16.6 Å². The number of aromatic nitrogens is 1. The smallest absolute Gasteiger partial charge is 0.257 e. The minimum Gasteiger partial charge on any atom is -0.454 e. The predicted molar refractivity (Wildman–Crippen MR) is 110 cm³/mol. The number of aryl methyl sites for hydroxylation is 1. The molecule has 1 aromatic carbocycles. The second kappa shape index (κ2) is 8.23. The van der Waals surface area contributed by atoms with Crippen molar-refractivity contribution in [3.05, 3.63) is 34.3 Å². The van der Waals surface area contributed by atoms with Crippen molar-refractivity contribution in [3.63, 3.8) is 0 Å². The summed E-state index contributed by atoms with van der Waals surface area (Å²) < 4.78 is 16.2. The van der Waals surface area contributed by atoms with E-state index < -0.39 is 0 Å². The van der Waals surface area contributed by atoms with E-state index in [9.17, 15) is 9.59 Å². The molecule has 2 unspecified atom stereocenters. The Bertz CT molecular complexity index is 970. The predicted octanol–water partition coefficient (Wildman–Crippen LogP) is 2.84. The van der Waals surface area contributed by atoms with E-state index in [4.69, 9.17) is 14.2 Å². The van der Waals surface area contributed by atoms with Crippen molar-refractivity contribution in [2.45, 2.75) is 44.1 Å². The lowest BCUT2D eigenvalue weighted by Gasteiger charge is -2.21. The number of amides is 2. The summed E-state index contributed by atoms with van der Waals surface area (Å²) in [6, 6.07) is 5.07. The van der Waals surface area contributed by atoms with E-state index in [1.54, 1.807) is 18.2 Å². The Balaban J connectivity index is 1.26. The molecular formula is C21H23N3O5S. The van der Waals surface area contributed by atoms with Crippen LogP contribution in [0.15, 0.2) is 18.2 Å². The molecule has 0 spiro atoms. The summed E-state index contributed by atoms with van der Waals surface area (Å²) in [6.07, 6.45) is 4.73. The Morgan fingerprint density at radius 3 is 2.93 bits per heavy atom. The highest BCUT2D eigenvalue weighted by molar-refractivity contribution is 7.16. The molecule has 2 amide bonds. The number of hydrogen-bond donors (Lipinski definition) is 2. The van der Waals surface area contributed by atoms with Crippen LogP contribution < -0.4 is 20.1 Å². The largest absolute Gasteiger partial charge is 0.454 e. The van der Waals surface area contributed by atoms with Crippen LogP contribution >= 0.6 is 11.3 Å². The molecular weight excluding hydrogens is 406 g/mol. The first-order valence-corrected chi connectivity index (χ1v) is 11.1. The number of nitrogens with zero attached hydrogens (tertiary/aromatic N) is 1. The molecule has 158 valence electrons. The van der Waals surface area contributed by atoms with Crippen LogP contribution in [0.1, 0.15) is 52.5 Å². The molecule has 2 N–H and O–H groups in total. The van der Waals surface area contributed by atoms with Gasteiger partial charge in [0.1, 0.15) is 0 Å². The lowest BCUT2D eigenvalue weighted by atomic mass is 9.90. The number of carbonyl (C=O) groups excluding carboxylic acids is 2. The molecule has 9 heteroatoms. The number of fused-ring (bicyclic) bond motifs is 2. The van der Waals surface area contributed by atoms with Gasteiger partial charge in [-0.05, 0) is 50.3 Å². The Labute approximate surface area is 177 Å². The Hall–Kier alpha value is -2.65. The standard InChI is InChI=1S/C21H23N3O5S/c25-19(12-6-7-15-16(9-12)29-11-28-15)24-21-23-18-14(4-1-5-17(18)30-21)20(26)22-10-13-3-2-8-27-13/h6-7,9,13-14H,1-5,8,10-11H2,(H,22,26)(H,23,24,25). The van der Waals surface area contributed by atoms with Gasteiger partial charge >= 0.3 is 0 Å². The van der Waals surface area contributed by atoms with Crippen LogP contribution in [0.3, 0.4) is 0 Å². The zero-order valence-electron chi connectivity index (χ0n) is 16.4. The quantitative estimate of drug-likeness (QED) is 0.758. The second-order valence-electron chi connectivity index (χ2n) is 7.67. The van der Waals surface area contributed by atoms with Crippen molar-refractivity contribution in [1.29, 1.82) is 0 Å². The molecule has 0 bridgehead atoms. The third-order valence-electron chi connectivity index (χ3n) is 5.65. The van der Waals surface area contributed by atoms with Crippen LogP contribution in [0.2, 0.25) is 0 Å². The van der Waals surface area contributed by atoms with Gasteiger partial charge in [0.2, 0.25) is 12.7 Å². The number of nitrogens with one attached hydrogen (secondary N) is 2. The fraction of sp³-hybridized carbons (Fsp3) is 0.476. The SMILES string of the molecule is O=C(Nc1nc2c(s1)CCCC2C(=O)NCC1CCCO1)c1ccc2c(c1)OCO2. The number of carbonyl (C=O) groups is 2. The second-order valence-corrected chi connectivity index (χ2v) is 8.76. The molecule has 1 aliphatic carbocycles. The molecule has 8 nitrogen and oxygen atoms in total. The van der Waals surface area contributed by atoms with Crippen LogP contribution in [0, 0.1) is 0 Å². The van der Waals surface area contributed by atoms with Crippen molar-refractivity contribution >= 4 is 28.3 Å². The van der Waals surface area contributed by atoms with Gasteiger partial charge in [-0.2, -0.15) is 0 Å². The Morgan fingerprint density at radius 2 is 2.07 bits per heavy atom. The molecule has 1 saturated heterocycles. The molecule has 1 aromatic heterocycles. The van der Waals surface area contributed by atoms with Gasteiger partial charge in [0.05, 0.1) is 17.7 Å². The molecule has 1 fully saturated rings. The summed E-state index contributed by atoms with van der Waals surface area (Å²) >= 11 is 1.44. The molecule has 30 heavy (non-hydrogen) atoms. The Kier molecular flexibility index (Phi) is 5.30. The highest BCUT2D eigenvalue weighted by Crippen LogP contribution is 2.37. The molecule has 3 aliphatic rings. The van der Waals surface area contributed by atoms with Crippen molar-refractivity contribution in [2.75, 3.05) is 25.3 Å². The molecule has 2 aliphatic heterocycles. The minimum absolute atomic E-state index is 0.00889. The van der Waals surface area contributed by atoms with Crippen LogP contribution in [-0.4, -0.2) is 42.8 Å². The normalized spacial score (nSPS) is 21.9. The van der Waals surface area contributed by atoms with Crippen molar-refractivity contribution in [2.24, 2.45) is 0 Å². The number of hydrogen-bond acceptors (Lipinski definition) is 7. The zero-order chi connectivity index (χ0) is 20.5. The van der Waals surface area contributed by atoms with Crippen molar-refractivity contribution in [1.82, 2.24) is 10.3 Å². The molecule has 0 saturated carbocycles. The monoisotopic (exact) mass is 429 g/mol. The third-order valence-corrected chi connectivity index (χ3v) is 6.70. The van der Waals surface area contributed by atoms with E-state index in [1.807, 2.05) is 0 Å². The molecule has 5 rings (SSSR count). The maximum Gasteiger partial charge on any atom is 0.257 e. The van der Waals surface area contributed by atoms with Gasteiger partial charge in [0, 0.05) is 23.6 Å². The lowest BCUT2D eigenvalue weighted by molar-refractivity contribution is -0.123. The van der Waals surface area contributed by atoms with Crippen LogP contribution in [0.5, 0.6) is 11.5 Å². The van der Waals surface area contributed by atoms with Gasteiger partial charge in [0.25, 0.3) is 5.91 Å². The van der Waals surface area contributed by atoms with E-state index in [0.717, 1.165) is 49.3 Å². The lowest BCUT2D eigenvalue weighted by Crippen LogP contribution is -2.36. The van der Waals surface area contributed by atoms with Crippen LogP contribution in [0.4, 0.5) is 5.13 Å². The maximum atomic E-state index is 12.8. The maximum absolute atomic E-state index is 12.8. The fourth-order valence-corrected chi connectivity index (χ4v) is 5.14. The number of thiazole rings is 1. The summed E-state index contributed by atoms with van der Waals surface area (Å²) in [4.78, 5) is 31.1. The highest BCUT2D eigenvalue weighted by Gasteiger charge is 2.31. The van der Waals surface area contributed by atoms with Crippen LogP contribution in [0.25, 0.3) is 0 Å². The van der Waals surface area contributed by atoms with E-state index >= 15 is 0 Å². The molecule has 2 aromatic rings. The Morgan fingerprint density at radius 1 is 1.17 bits per heavy atom. The fourth-order valence-electron chi connectivity index (χ4n) is 4.08. The van der Waals surface area contributed by atoms with E-state index in [0.29, 0.717) is 28.7 Å². The number of rotatable bonds is 5. The minimum atomic E-state index is -0.275. The average molecular weight is 429 g/mol. The first kappa shape index (κ1) is 19.3. The summed E-state index contributed by atoms with van der Waals surface area (Å²) in [5, 5.41) is 6.40. The summed E-state index contributed by atoms with van der Waals surface area (Å²) in [6.45, 7) is 1.48. The van der Waals surface area contributed by atoms with Gasteiger partial charge in [-0.15, -0.1) is 11.3 Å². The highest BCUT2D eigenvalue weighted by atomic mass is 32.1. The van der Waals surface area contributed by atoms with Crippen LogP contribution in [-0.2, 0) is 16.0 Å².